The molecule has 0 aliphatic rings. The minimum atomic E-state index is -4.58. The van der Waals surface area contributed by atoms with Crippen LogP contribution in [0.2, 0.25) is 0 Å². The third-order valence-electron chi connectivity index (χ3n) is 3.07. The molecule has 3 N–H and O–H groups in total. The Morgan fingerprint density at radius 1 is 1.21 bits per heavy atom. The van der Waals surface area contributed by atoms with Crippen LogP contribution in [0.15, 0.2) is 24.3 Å². The van der Waals surface area contributed by atoms with Crippen LogP contribution < -0.4 is 5.32 Å². The van der Waals surface area contributed by atoms with Gasteiger partial charge in [-0.05, 0) is 25.1 Å². The molecule has 0 bridgehead atoms. The van der Waals surface area contributed by atoms with Crippen molar-refractivity contribution in [2.24, 2.45) is 0 Å². The van der Waals surface area contributed by atoms with E-state index in [2.05, 4.69) is 15.3 Å². The number of rotatable bonds is 4. The second-order valence-corrected chi connectivity index (χ2v) is 4.99. The van der Waals surface area contributed by atoms with E-state index in [0.29, 0.717) is 0 Å². The van der Waals surface area contributed by atoms with E-state index in [1.165, 1.54) is 25.1 Å². The van der Waals surface area contributed by atoms with Gasteiger partial charge in [-0.2, -0.15) is 13.2 Å². The molecule has 0 aliphatic carbocycles. The van der Waals surface area contributed by atoms with E-state index < -0.39 is 29.3 Å². The summed E-state index contributed by atoms with van der Waals surface area (Å²) in [6.45, 7) is 1.35. The molecule has 0 saturated heterocycles. The molecule has 1 heterocycles. The Hall–Kier alpha value is -2.84. The van der Waals surface area contributed by atoms with E-state index in [1.54, 1.807) is 0 Å². The van der Waals surface area contributed by atoms with Gasteiger partial charge < -0.3 is 15.5 Å². The molecule has 24 heavy (non-hydrogen) atoms. The zero-order valence-corrected chi connectivity index (χ0v) is 12.6. The number of nitrogens with zero attached hydrogens (tertiary/aromatic N) is 2. The summed E-state index contributed by atoms with van der Waals surface area (Å²) in [6.07, 6.45) is -4.61. The quantitative estimate of drug-likeness (QED) is 0.792. The lowest BCUT2D eigenvalue weighted by Gasteiger charge is -2.10. The Morgan fingerprint density at radius 3 is 2.42 bits per heavy atom. The highest BCUT2D eigenvalue weighted by molar-refractivity contribution is 5.99. The highest BCUT2D eigenvalue weighted by atomic mass is 19.4. The first kappa shape index (κ1) is 17.5. The van der Waals surface area contributed by atoms with Crippen molar-refractivity contribution in [2.75, 3.05) is 6.54 Å². The van der Waals surface area contributed by atoms with Crippen molar-refractivity contribution in [1.82, 2.24) is 15.3 Å². The Bertz CT molecular complexity index is 743. The van der Waals surface area contributed by atoms with E-state index in [9.17, 15) is 28.2 Å². The summed E-state index contributed by atoms with van der Waals surface area (Å²) in [5.41, 5.74) is -1.19. The largest absolute Gasteiger partial charge is 0.507 e. The molecule has 1 aromatic carbocycles. The minimum absolute atomic E-state index is 0.0368. The molecule has 9 heteroatoms. The van der Waals surface area contributed by atoms with Gasteiger partial charge in [0, 0.05) is 18.7 Å². The highest BCUT2D eigenvalue weighted by Crippen LogP contribution is 2.28. The van der Waals surface area contributed by atoms with Gasteiger partial charge in [-0.1, -0.05) is 6.07 Å². The second-order valence-electron chi connectivity index (χ2n) is 4.99. The highest BCUT2D eigenvalue weighted by Gasteiger charge is 2.33. The van der Waals surface area contributed by atoms with Crippen molar-refractivity contribution >= 4 is 5.91 Å². The van der Waals surface area contributed by atoms with Crippen molar-refractivity contribution < 1.29 is 28.2 Å². The summed E-state index contributed by atoms with van der Waals surface area (Å²) in [7, 11) is 0. The maximum atomic E-state index is 12.7. The van der Waals surface area contributed by atoms with Gasteiger partial charge in [-0.25, -0.2) is 9.97 Å². The van der Waals surface area contributed by atoms with Crippen LogP contribution in [0.25, 0.3) is 0 Å². The van der Waals surface area contributed by atoms with Crippen LogP contribution in [0, 0.1) is 6.92 Å². The maximum absolute atomic E-state index is 12.7. The molecule has 2 rings (SSSR count). The molecule has 128 valence electrons. The number of aryl methyl sites for hydroxylation is 1. The van der Waals surface area contributed by atoms with E-state index in [-0.39, 0.29) is 30.0 Å². The first-order chi connectivity index (χ1) is 11.2. The van der Waals surface area contributed by atoms with Gasteiger partial charge >= 0.3 is 6.18 Å². The number of alkyl halides is 3. The lowest BCUT2D eigenvalue weighted by Crippen LogP contribution is -2.26. The summed E-state index contributed by atoms with van der Waals surface area (Å²) in [5.74, 6) is -1.63. The number of nitrogens with one attached hydrogen (secondary N) is 1. The molecule has 0 atom stereocenters. The molecule has 2 aromatic rings. The number of carbonyl (C=O) groups excluding carboxylic acids is 1. The van der Waals surface area contributed by atoms with Crippen LogP contribution in [0.3, 0.4) is 0 Å². The Labute approximate surface area is 135 Å². The molecule has 0 spiro atoms. The van der Waals surface area contributed by atoms with Gasteiger partial charge in [0.05, 0.1) is 0 Å². The maximum Gasteiger partial charge on any atom is 0.433 e. The van der Waals surface area contributed by atoms with Gasteiger partial charge in [-0.3, -0.25) is 4.79 Å². The van der Waals surface area contributed by atoms with Crippen LogP contribution in [0.1, 0.15) is 27.6 Å². The molecular formula is C15H14F3N3O3. The number of carbonyl (C=O) groups is 1. The Balaban J connectivity index is 2.05. The first-order valence-corrected chi connectivity index (χ1v) is 6.89. The fraction of sp³-hybridized carbons (Fsp3) is 0.267. The second kappa shape index (κ2) is 6.73. The summed E-state index contributed by atoms with van der Waals surface area (Å²) in [5, 5.41) is 21.5. The van der Waals surface area contributed by atoms with Gasteiger partial charge in [0.2, 0.25) is 0 Å². The summed E-state index contributed by atoms with van der Waals surface area (Å²) >= 11 is 0. The lowest BCUT2D eigenvalue weighted by molar-refractivity contribution is -0.141. The molecule has 0 fully saturated rings. The average Bonchev–Trinajstić information content (AvgIpc) is 2.45. The predicted octanol–water partition coefficient (Wildman–Crippen LogP) is 2.19. The van der Waals surface area contributed by atoms with Crippen molar-refractivity contribution in [3.8, 4) is 11.5 Å². The van der Waals surface area contributed by atoms with E-state index in [0.717, 1.165) is 6.07 Å². The Kier molecular flexibility index (Phi) is 4.91. The number of halogens is 3. The van der Waals surface area contributed by atoms with Crippen molar-refractivity contribution in [2.45, 2.75) is 19.5 Å². The number of aromatic hydroxyl groups is 2. The van der Waals surface area contributed by atoms with Crippen LogP contribution in [-0.4, -0.2) is 32.6 Å². The molecule has 6 nitrogen and oxygen atoms in total. The van der Waals surface area contributed by atoms with E-state index in [4.69, 9.17) is 0 Å². The predicted molar refractivity (Wildman–Crippen MR) is 77.6 cm³/mol. The first-order valence-electron chi connectivity index (χ1n) is 6.89. The van der Waals surface area contributed by atoms with E-state index >= 15 is 0 Å². The zero-order valence-electron chi connectivity index (χ0n) is 12.6. The molecule has 0 unspecified atom stereocenters. The SMILES string of the molecule is Cc1cc(C(F)(F)F)nc(CCNC(=O)c2c(O)cccc2O)n1. The topological polar surface area (TPSA) is 95.3 Å². The number of hydrogen-bond acceptors (Lipinski definition) is 5. The van der Waals surface area contributed by atoms with Crippen LogP contribution in [0.5, 0.6) is 11.5 Å². The molecule has 1 amide bonds. The average molecular weight is 341 g/mol. The summed E-state index contributed by atoms with van der Waals surface area (Å²) < 4.78 is 38.1. The van der Waals surface area contributed by atoms with Crippen molar-refractivity contribution in [3.05, 3.63) is 47.0 Å². The molecule has 0 radical (unpaired) electrons. The monoisotopic (exact) mass is 341 g/mol. The standard InChI is InChI=1S/C15H14F3N3O3/c1-8-7-11(15(16,17)18)21-12(20-8)5-6-19-14(24)13-9(22)3-2-4-10(13)23/h2-4,7,22-23H,5-6H2,1H3,(H,19,24). The van der Waals surface area contributed by atoms with Gasteiger partial charge in [0.15, 0.2) is 0 Å². The normalized spacial score (nSPS) is 11.3. The molecule has 0 aliphatic heterocycles. The number of benzene rings is 1. The number of aromatic nitrogens is 2. The minimum Gasteiger partial charge on any atom is -0.507 e. The zero-order chi connectivity index (χ0) is 17.9. The van der Waals surface area contributed by atoms with E-state index in [1.807, 2.05) is 0 Å². The van der Waals surface area contributed by atoms with Crippen LogP contribution in [0.4, 0.5) is 13.2 Å². The summed E-state index contributed by atoms with van der Waals surface area (Å²) in [6, 6.07) is 4.66. The molecular weight excluding hydrogens is 327 g/mol. The number of amides is 1. The van der Waals surface area contributed by atoms with Gasteiger partial charge in [0.25, 0.3) is 5.91 Å². The van der Waals surface area contributed by atoms with Gasteiger partial charge in [0.1, 0.15) is 28.6 Å². The van der Waals surface area contributed by atoms with Gasteiger partial charge in [-0.15, -0.1) is 0 Å². The number of phenolic OH excluding ortho intramolecular Hbond substituents is 2. The number of hydrogen-bond donors (Lipinski definition) is 3. The molecule has 0 saturated carbocycles. The lowest BCUT2D eigenvalue weighted by atomic mass is 10.1. The third kappa shape index (κ3) is 4.12. The fourth-order valence-electron chi connectivity index (χ4n) is 2.02. The van der Waals surface area contributed by atoms with Crippen LogP contribution in [-0.2, 0) is 12.6 Å². The fourth-order valence-corrected chi connectivity index (χ4v) is 2.02. The number of phenols is 2. The van der Waals surface area contributed by atoms with Crippen LogP contribution >= 0.6 is 0 Å². The summed E-state index contributed by atoms with van der Waals surface area (Å²) in [4.78, 5) is 19.2. The van der Waals surface area contributed by atoms with Crippen molar-refractivity contribution in [3.63, 3.8) is 0 Å². The Morgan fingerprint density at radius 2 is 1.83 bits per heavy atom. The third-order valence-corrected chi connectivity index (χ3v) is 3.07. The molecule has 1 aromatic heterocycles. The smallest absolute Gasteiger partial charge is 0.433 e. The van der Waals surface area contributed by atoms with Crippen molar-refractivity contribution in [1.29, 1.82) is 0 Å².